The number of epoxide rings is 1. The molecule has 0 amide bonds. The van der Waals surface area contributed by atoms with Gasteiger partial charge in [0.1, 0.15) is 6.10 Å². The van der Waals surface area contributed by atoms with E-state index in [1.54, 1.807) is 7.11 Å². The highest BCUT2D eigenvalue weighted by atomic mass is 16.6. The van der Waals surface area contributed by atoms with Gasteiger partial charge in [0.05, 0.1) is 12.7 Å². The van der Waals surface area contributed by atoms with Crippen LogP contribution < -0.4 is 0 Å². The van der Waals surface area contributed by atoms with E-state index >= 15 is 0 Å². The Morgan fingerprint density at radius 2 is 2.00 bits per heavy atom. The molecule has 8 atom stereocenters. The Kier molecular flexibility index (Phi) is 4.76. The molecule has 1 heterocycles. The van der Waals surface area contributed by atoms with E-state index in [1.165, 1.54) is 18.9 Å². The number of rotatable bonds is 5. The molecular weight excluding hydrogens is 380 g/mol. The summed E-state index contributed by atoms with van der Waals surface area (Å²) in [6, 6.07) is 0. The SMILES string of the molecule is COCCC(=O)[C@]12O[C@H]1C[C@@H]1[C@H]3CC=C4C[C@@H](OC(C)=O)CC[C@]4(C)[C@@H]3CC[C@@]12C. The minimum absolute atomic E-state index is 0.0414. The van der Waals surface area contributed by atoms with Gasteiger partial charge in [0.2, 0.25) is 0 Å². The van der Waals surface area contributed by atoms with Crippen molar-refractivity contribution < 1.29 is 23.8 Å². The third-order valence-corrected chi connectivity index (χ3v) is 9.77. The smallest absolute Gasteiger partial charge is 0.302 e. The van der Waals surface area contributed by atoms with Gasteiger partial charge < -0.3 is 14.2 Å². The predicted molar refractivity (Wildman–Crippen MR) is 112 cm³/mol. The van der Waals surface area contributed by atoms with Crippen LogP contribution in [0.1, 0.15) is 72.1 Å². The molecule has 166 valence electrons. The third-order valence-electron chi connectivity index (χ3n) is 9.77. The van der Waals surface area contributed by atoms with Gasteiger partial charge in [-0.2, -0.15) is 0 Å². The zero-order valence-corrected chi connectivity index (χ0v) is 18.9. The number of hydrogen-bond acceptors (Lipinski definition) is 5. The molecule has 1 saturated heterocycles. The maximum Gasteiger partial charge on any atom is 0.302 e. The molecule has 0 aromatic carbocycles. The second-order valence-electron chi connectivity index (χ2n) is 10.9. The van der Waals surface area contributed by atoms with E-state index in [9.17, 15) is 9.59 Å². The van der Waals surface area contributed by atoms with Gasteiger partial charge in [-0.1, -0.05) is 25.5 Å². The van der Waals surface area contributed by atoms with Crippen LogP contribution in [0, 0.1) is 28.6 Å². The molecular formula is C25H36O5. The summed E-state index contributed by atoms with van der Waals surface area (Å²) in [7, 11) is 1.66. The van der Waals surface area contributed by atoms with Crippen LogP contribution >= 0.6 is 0 Å². The van der Waals surface area contributed by atoms with Crippen molar-refractivity contribution in [2.45, 2.75) is 89.9 Å². The van der Waals surface area contributed by atoms with Crippen molar-refractivity contribution >= 4 is 11.8 Å². The Morgan fingerprint density at radius 1 is 1.20 bits per heavy atom. The Hall–Kier alpha value is -1.20. The normalized spacial score (nSPS) is 48.5. The van der Waals surface area contributed by atoms with E-state index in [-0.39, 0.29) is 34.8 Å². The highest BCUT2D eigenvalue weighted by Gasteiger charge is 2.79. The van der Waals surface area contributed by atoms with Crippen LogP contribution in [0.5, 0.6) is 0 Å². The molecule has 5 rings (SSSR count). The average molecular weight is 417 g/mol. The van der Waals surface area contributed by atoms with Gasteiger partial charge in [-0.3, -0.25) is 9.59 Å². The van der Waals surface area contributed by atoms with E-state index in [2.05, 4.69) is 19.9 Å². The minimum Gasteiger partial charge on any atom is -0.462 e. The van der Waals surface area contributed by atoms with Crippen LogP contribution in [-0.2, 0) is 23.8 Å². The third kappa shape index (κ3) is 2.67. The summed E-state index contributed by atoms with van der Waals surface area (Å²) in [5.41, 5.74) is 1.14. The van der Waals surface area contributed by atoms with Crippen molar-refractivity contribution in [1.29, 1.82) is 0 Å². The van der Waals surface area contributed by atoms with Crippen LogP contribution in [0.25, 0.3) is 0 Å². The lowest BCUT2D eigenvalue weighted by atomic mass is 9.47. The first-order valence-corrected chi connectivity index (χ1v) is 11.8. The molecule has 0 N–H and O–H groups in total. The van der Waals surface area contributed by atoms with Crippen LogP contribution in [0.15, 0.2) is 11.6 Å². The molecule has 0 spiro atoms. The predicted octanol–water partition coefficient (Wildman–Crippen LogP) is 4.23. The van der Waals surface area contributed by atoms with Gasteiger partial charge >= 0.3 is 5.97 Å². The summed E-state index contributed by atoms with van der Waals surface area (Å²) in [6.07, 6.45) is 10.4. The first kappa shape index (κ1) is 20.7. The zero-order valence-electron chi connectivity index (χ0n) is 18.9. The van der Waals surface area contributed by atoms with Gasteiger partial charge in [-0.15, -0.1) is 0 Å². The van der Waals surface area contributed by atoms with Crippen molar-refractivity contribution in [3.05, 3.63) is 11.6 Å². The number of ether oxygens (including phenoxy) is 3. The van der Waals surface area contributed by atoms with Gasteiger partial charge in [-0.05, 0) is 61.7 Å². The monoisotopic (exact) mass is 416 g/mol. The molecule has 30 heavy (non-hydrogen) atoms. The van der Waals surface area contributed by atoms with Crippen molar-refractivity contribution in [1.82, 2.24) is 0 Å². The number of esters is 1. The molecule has 0 aromatic rings. The first-order chi connectivity index (χ1) is 14.3. The lowest BCUT2D eigenvalue weighted by Gasteiger charge is -2.58. The van der Waals surface area contributed by atoms with Crippen molar-refractivity contribution in [2.24, 2.45) is 28.6 Å². The number of ketones is 1. The maximum atomic E-state index is 13.1. The lowest BCUT2D eigenvalue weighted by molar-refractivity contribution is -0.149. The van der Waals surface area contributed by atoms with Gasteiger partial charge in [-0.25, -0.2) is 0 Å². The van der Waals surface area contributed by atoms with E-state index in [1.807, 2.05) is 0 Å². The standard InChI is InChI=1S/C25H36O5/c1-15(26)29-17-7-10-23(2)16(13-17)5-6-18-19(23)8-11-24(3)20(18)14-22-25(24,30-22)21(27)9-12-28-4/h5,17-20,22H,6-14H2,1-4H3/t17-,18-,19+,20+,22-,23-,24-,25-/m0/s1. The molecule has 0 aromatic heterocycles. The largest absolute Gasteiger partial charge is 0.462 e. The van der Waals surface area contributed by atoms with E-state index in [0.29, 0.717) is 30.8 Å². The molecule has 5 aliphatic rings. The van der Waals surface area contributed by atoms with Crippen molar-refractivity contribution in [2.75, 3.05) is 13.7 Å². The van der Waals surface area contributed by atoms with Crippen LogP contribution in [0.2, 0.25) is 0 Å². The molecule has 0 radical (unpaired) electrons. The topological polar surface area (TPSA) is 65.1 Å². The summed E-state index contributed by atoms with van der Waals surface area (Å²) in [6.45, 7) is 6.79. The molecule has 5 nitrogen and oxygen atoms in total. The van der Waals surface area contributed by atoms with Gasteiger partial charge in [0.15, 0.2) is 11.4 Å². The van der Waals surface area contributed by atoms with E-state index < -0.39 is 5.60 Å². The molecule has 5 heteroatoms. The Bertz CT molecular complexity index is 788. The first-order valence-electron chi connectivity index (χ1n) is 11.8. The molecule has 1 aliphatic heterocycles. The fourth-order valence-corrected chi connectivity index (χ4v) is 8.26. The number of carbonyl (C=O) groups excluding carboxylic acids is 2. The van der Waals surface area contributed by atoms with Gasteiger partial charge in [0, 0.05) is 32.3 Å². The fourth-order valence-electron chi connectivity index (χ4n) is 8.26. The number of hydrogen-bond donors (Lipinski definition) is 0. The summed E-state index contributed by atoms with van der Waals surface area (Å²) in [5, 5.41) is 0. The number of Topliss-reactive ketones (excluding diaryl/α,β-unsaturated/α-hetero) is 1. The zero-order chi connectivity index (χ0) is 21.3. The summed E-state index contributed by atoms with van der Waals surface area (Å²) < 4.78 is 16.9. The molecule has 4 aliphatic carbocycles. The second kappa shape index (κ2) is 6.90. The van der Waals surface area contributed by atoms with Crippen LogP contribution in [0.4, 0.5) is 0 Å². The number of allylic oxidation sites excluding steroid dienone is 1. The Balaban J connectivity index is 1.38. The molecule has 4 fully saturated rings. The van der Waals surface area contributed by atoms with Crippen LogP contribution in [0.3, 0.4) is 0 Å². The number of carbonyl (C=O) groups is 2. The average Bonchev–Trinajstić information content (AvgIpc) is 3.38. The van der Waals surface area contributed by atoms with Crippen LogP contribution in [-0.4, -0.2) is 43.3 Å². The second-order valence-corrected chi connectivity index (χ2v) is 10.9. The molecule has 0 bridgehead atoms. The highest BCUT2D eigenvalue weighted by Crippen LogP contribution is 2.73. The summed E-state index contributed by atoms with van der Waals surface area (Å²) >= 11 is 0. The quantitative estimate of drug-likeness (QED) is 0.381. The summed E-state index contributed by atoms with van der Waals surface area (Å²) in [4.78, 5) is 24.6. The minimum atomic E-state index is -0.543. The molecule has 0 unspecified atom stereocenters. The lowest BCUT2D eigenvalue weighted by Crippen LogP contribution is -2.54. The van der Waals surface area contributed by atoms with E-state index in [0.717, 1.165) is 38.5 Å². The van der Waals surface area contributed by atoms with E-state index in [4.69, 9.17) is 14.2 Å². The van der Waals surface area contributed by atoms with Crippen molar-refractivity contribution in [3.63, 3.8) is 0 Å². The maximum absolute atomic E-state index is 13.1. The molecule has 3 saturated carbocycles. The summed E-state index contributed by atoms with van der Waals surface area (Å²) in [5.74, 6) is 1.95. The highest BCUT2D eigenvalue weighted by molar-refractivity contribution is 5.92. The fraction of sp³-hybridized carbons (Fsp3) is 0.840. The number of fused-ring (bicyclic) bond motifs is 7. The van der Waals surface area contributed by atoms with Crippen molar-refractivity contribution in [3.8, 4) is 0 Å². The Labute approximate surface area is 179 Å². The number of methoxy groups -OCH3 is 1. The van der Waals surface area contributed by atoms with Gasteiger partial charge in [0.25, 0.3) is 0 Å². The Morgan fingerprint density at radius 3 is 2.73 bits per heavy atom.